The second kappa shape index (κ2) is 5.39. The molecule has 1 fully saturated rings. The number of hydrogen-bond acceptors (Lipinski definition) is 3. The Kier molecular flexibility index (Phi) is 3.57. The summed E-state index contributed by atoms with van der Waals surface area (Å²) in [5.41, 5.74) is 1.22. The summed E-state index contributed by atoms with van der Waals surface area (Å²) in [4.78, 5) is 25.8. The van der Waals surface area contributed by atoms with Crippen LogP contribution in [0.5, 0.6) is 5.75 Å². The average Bonchev–Trinajstić information content (AvgIpc) is 2.97. The van der Waals surface area contributed by atoms with Gasteiger partial charge in [0.25, 0.3) is 11.8 Å². The predicted molar refractivity (Wildman–Crippen MR) is 79.7 cm³/mol. The van der Waals surface area contributed by atoms with Gasteiger partial charge in [0, 0.05) is 18.7 Å². The van der Waals surface area contributed by atoms with E-state index in [2.05, 4.69) is 5.32 Å². The van der Waals surface area contributed by atoms with Crippen molar-refractivity contribution in [1.82, 2.24) is 5.32 Å². The van der Waals surface area contributed by atoms with E-state index in [0.717, 1.165) is 12.8 Å². The highest BCUT2D eigenvalue weighted by molar-refractivity contribution is 6.02. The van der Waals surface area contributed by atoms with E-state index >= 15 is 0 Å². The van der Waals surface area contributed by atoms with Gasteiger partial charge >= 0.3 is 0 Å². The van der Waals surface area contributed by atoms with E-state index in [1.54, 1.807) is 37.1 Å². The molecule has 1 heterocycles. The van der Waals surface area contributed by atoms with Crippen LogP contribution in [-0.4, -0.2) is 31.0 Å². The summed E-state index contributed by atoms with van der Waals surface area (Å²) in [5, 5.41) is 3.05. The van der Waals surface area contributed by atoms with Crippen LogP contribution in [0.2, 0.25) is 0 Å². The van der Waals surface area contributed by atoms with Crippen molar-refractivity contribution in [3.05, 3.63) is 23.8 Å². The number of nitrogens with zero attached hydrogens (tertiary/aromatic N) is 1. The van der Waals surface area contributed by atoms with E-state index in [0.29, 0.717) is 17.0 Å². The molecular weight excluding hydrogens is 268 g/mol. The highest BCUT2D eigenvalue weighted by Crippen LogP contribution is 2.34. The van der Waals surface area contributed by atoms with Crippen LogP contribution in [0, 0.1) is 0 Å². The number of amides is 2. The SMILES string of the molecule is CC1Oc2ccc(C(=O)NC3CCCC3)cc2N(C)C1=O. The smallest absolute Gasteiger partial charge is 0.267 e. The lowest BCUT2D eigenvalue weighted by Crippen LogP contribution is -2.42. The number of rotatable bonds is 2. The molecule has 1 aliphatic carbocycles. The van der Waals surface area contributed by atoms with Crippen LogP contribution in [0.4, 0.5) is 5.69 Å². The molecule has 112 valence electrons. The van der Waals surface area contributed by atoms with Crippen molar-refractivity contribution in [2.75, 3.05) is 11.9 Å². The minimum absolute atomic E-state index is 0.0795. The fourth-order valence-corrected chi connectivity index (χ4v) is 2.99. The topological polar surface area (TPSA) is 58.6 Å². The molecule has 1 saturated carbocycles. The molecule has 1 unspecified atom stereocenters. The minimum Gasteiger partial charge on any atom is -0.479 e. The van der Waals surface area contributed by atoms with Crippen molar-refractivity contribution in [2.24, 2.45) is 0 Å². The first-order valence-electron chi connectivity index (χ1n) is 7.45. The van der Waals surface area contributed by atoms with Gasteiger partial charge in [0.1, 0.15) is 5.75 Å². The summed E-state index contributed by atoms with van der Waals surface area (Å²) < 4.78 is 5.56. The van der Waals surface area contributed by atoms with E-state index in [1.807, 2.05) is 0 Å². The van der Waals surface area contributed by atoms with Gasteiger partial charge in [-0.2, -0.15) is 0 Å². The summed E-state index contributed by atoms with van der Waals surface area (Å²) in [7, 11) is 1.71. The number of carbonyl (C=O) groups excluding carboxylic acids is 2. The van der Waals surface area contributed by atoms with Crippen molar-refractivity contribution in [1.29, 1.82) is 0 Å². The minimum atomic E-state index is -0.485. The van der Waals surface area contributed by atoms with Gasteiger partial charge in [0.15, 0.2) is 6.10 Å². The Morgan fingerprint density at radius 2 is 2.05 bits per heavy atom. The second-order valence-corrected chi connectivity index (χ2v) is 5.79. The van der Waals surface area contributed by atoms with Gasteiger partial charge in [0.2, 0.25) is 0 Å². The van der Waals surface area contributed by atoms with Gasteiger partial charge in [-0.1, -0.05) is 12.8 Å². The second-order valence-electron chi connectivity index (χ2n) is 5.79. The van der Waals surface area contributed by atoms with E-state index in [9.17, 15) is 9.59 Å². The van der Waals surface area contributed by atoms with Crippen LogP contribution in [0.1, 0.15) is 43.0 Å². The fourth-order valence-electron chi connectivity index (χ4n) is 2.99. The molecule has 0 saturated heterocycles. The number of likely N-dealkylation sites (N-methyl/N-ethyl adjacent to an activating group) is 1. The molecule has 1 N–H and O–H groups in total. The van der Waals surface area contributed by atoms with Gasteiger partial charge in [-0.25, -0.2) is 0 Å². The van der Waals surface area contributed by atoms with Crippen LogP contribution >= 0.6 is 0 Å². The fraction of sp³-hybridized carbons (Fsp3) is 0.500. The lowest BCUT2D eigenvalue weighted by Gasteiger charge is -2.30. The summed E-state index contributed by atoms with van der Waals surface area (Å²) in [6.07, 6.45) is 3.97. The maximum atomic E-state index is 12.3. The van der Waals surface area contributed by atoms with Crippen LogP contribution in [0.15, 0.2) is 18.2 Å². The van der Waals surface area contributed by atoms with Gasteiger partial charge in [-0.3, -0.25) is 9.59 Å². The quantitative estimate of drug-likeness (QED) is 0.906. The van der Waals surface area contributed by atoms with E-state index in [1.165, 1.54) is 12.8 Å². The predicted octanol–water partition coefficient (Wildman–Crippen LogP) is 2.10. The maximum Gasteiger partial charge on any atom is 0.267 e. The first-order valence-corrected chi connectivity index (χ1v) is 7.45. The zero-order valence-electron chi connectivity index (χ0n) is 12.4. The van der Waals surface area contributed by atoms with Gasteiger partial charge < -0.3 is 15.0 Å². The molecule has 0 spiro atoms. The number of anilines is 1. The monoisotopic (exact) mass is 288 g/mol. The third kappa shape index (κ3) is 2.60. The van der Waals surface area contributed by atoms with Crippen LogP contribution in [0.3, 0.4) is 0 Å². The van der Waals surface area contributed by atoms with E-state index < -0.39 is 6.10 Å². The summed E-state index contributed by atoms with van der Waals surface area (Å²) in [6.45, 7) is 1.72. The molecule has 0 radical (unpaired) electrons. The van der Waals surface area contributed by atoms with Crippen molar-refractivity contribution in [3.63, 3.8) is 0 Å². The number of nitrogens with one attached hydrogen (secondary N) is 1. The maximum absolute atomic E-state index is 12.3. The average molecular weight is 288 g/mol. The third-order valence-electron chi connectivity index (χ3n) is 4.25. The van der Waals surface area contributed by atoms with Gasteiger partial charge in [0.05, 0.1) is 5.69 Å². The molecule has 1 atom stereocenters. The summed E-state index contributed by atoms with van der Waals surface area (Å²) in [6, 6.07) is 5.52. The lowest BCUT2D eigenvalue weighted by atomic mass is 10.1. The largest absolute Gasteiger partial charge is 0.479 e. The van der Waals surface area contributed by atoms with Gasteiger partial charge in [-0.05, 0) is 38.0 Å². The zero-order chi connectivity index (χ0) is 15.0. The molecule has 3 rings (SSSR count). The number of fused-ring (bicyclic) bond motifs is 1. The molecular formula is C16H20N2O3. The van der Waals surface area contributed by atoms with Crippen LogP contribution < -0.4 is 15.0 Å². The van der Waals surface area contributed by atoms with Crippen LogP contribution in [-0.2, 0) is 4.79 Å². The molecule has 1 aromatic carbocycles. The molecule has 2 amide bonds. The third-order valence-corrected chi connectivity index (χ3v) is 4.25. The first-order chi connectivity index (χ1) is 10.1. The Morgan fingerprint density at radius 1 is 1.33 bits per heavy atom. The summed E-state index contributed by atoms with van der Waals surface area (Å²) in [5.74, 6) is 0.460. The molecule has 0 bridgehead atoms. The van der Waals surface area contributed by atoms with Crippen molar-refractivity contribution in [3.8, 4) is 5.75 Å². The van der Waals surface area contributed by atoms with Crippen molar-refractivity contribution in [2.45, 2.75) is 44.8 Å². The van der Waals surface area contributed by atoms with Gasteiger partial charge in [-0.15, -0.1) is 0 Å². The lowest BCUT2D eigenvalue weighted by molar-refractivity contribution is -0.125. The first kappa shape index (κ1) is 13.9. The number of benzene rings is 1. The molecule has 21 heavy (non-hydrogen) atoms. The Morgan fingerprint density at radius 3 is 2.76 bits per heavy atom. The Hall–Kier alpha value is -2.04. The van der Waals surface area contributed by atoms with Crippen LogP contribution in [0.25, 0.3) is 0 Å². The molecule has 1 aromatic rings. The molecule has 0 aromatic heterocycles. The highest BCUT2D eigenvalue weighted by atomic mass is 16.5. The standard InChI is InChI=1S/C16H20N2O3/c1-10-16(20)18(2)13-9-11(7-8-14(13)21-10)15(19)17-12-5-3-4-6-12/h7-10,12H,3-6H2,1-2H3,(H,17,19). The number of ether oxygens (including phenoxy) is 1. The van der Waals surface area contributed by atoms with E-state index in [4.69, 9.17) is 4.74 Å². The Bertz CT molecular complexity index is 579. The normalized spacial score (nSPS) is 21.9. The Labute approximate surface area is 124 Å². The number of carbonyl (C=O) groups is 2. The molecule has 5 nitrogen and oxygen atoms in total. The zero-order valence-corrected chi connectivity index (χ0v) is 12.4. The molecule has 1 aliphatic heterocycles. The molecule has 5 heteroatoms. The van der Waals surface area contributed by atoms with Crippen molar-refractivity contribution >= 4 is 17.5 Å². The summed E-state index contributed by atoms with van der Waals surface area (Å²) >= 11 is 0. The Balaban J connectivity index is 1.82. The van der Waals surface area contributed by atoms with E-state index in [-0.39, 0.29) is 17.9 Å². The molecule has 2 aliphatic rings. The number of hydrogen-bond donors (Lipinski definition) is 1. The van der Waals surface area contributed by atoms with Crippen molar-refractivity contribution < 1.29 is 14.3 Å². The highest BCUT2D eigenvalue weighted by Gasteiger charge is 2.29.